The molecular weight excluding hydrogens is 424 g/mol. The number of aromatic hydroxyl groups is 1. The summed E-state index contributed by atoms with van der Waals surface area (Å²) in [6.07, 6.45) is 3.01. The number of rotatable bonds is 3. The highest BCUT2D eigenvalue weighted by molar-refractivity contribution is 8.23. The van der Waals surface area contributed by atoms with Crippen molar-refractivity contribution in [2.24, 2.45) is 10.3 Å². The topological polar surface area (TPSA) is 119 Å². The van der Waals surface area contributed by atoms with Gasteiger partial charge in [0.2, 0.25) is 0 Å². The molecule has 0 radical (unpaired) electrons. The minimum Gasteiger partial charge on any atom is -0.505 e. The zero-order chi connectivity index (χ0) is 21.0. The average molecular weight is 447 g/mol. The molecule has 2 atom stereocenters. The number of nitrogens with one attached hydrogen (secondary N) is 2. The maximum atomic E-state index is 13.5. The lowest BCUT2D eigenvalue weighted by Crippen LogP contribution is -2.39. The first-order valence-corrected chi connectivity index (χ1v) is 12.1. The number of hydrogen-bond donors (Lipinski definition) is 5. The van der Waals surface area contributed by atoms with Gasteiger partial charge in [0.05, 0.1) is 15.9 Å². The van der Waals surface area contributed by atoms with E-state index in [1.54, 1.807) is 30.3 Å². The van der Waals surface area contributed by atoms with Crippen LogP contribution in [0.15, 0.2) is 49.8 Å². The second kappa shape index (κ2) is 7.02. The number of hydrogen-bond acceptors (Lipinski definition) is 8. The van der Waals surface area contributed by atoms with Crippen LogP contribution in [0, 0.1) is 5.92 Å². The molecule has 0 saturated heterocycles. The van der Waals surface area contributed by atoms with Crippen LogP contribution in [0.3, 0.4) is 0 Å². The highest BCUT2D eigenvalue weighted by atomic mass is 32.3. The molecule has 1 aliphatic heterocycles. The molecule has 5 N–H and O–H groups in total. The molecule has 1 unspecified atom stereocenters. The predicted octanol–water partition coefficient (Wildman–Crippen LogP) is 4.40. The number of para-hydroxylation sites is 1. The summed E-state index contributed by atoms with van der Waals surface area (Å²) >= 11 is 1.31. The summed E-state index contributed by atoms with van der Waals surface area (Å²) in [5.74, 6) is 0.312. The van der Waals surface area contributed by atoms with Gasteiger partial charge in [0, 0.05) is 6.04 Å². The van der Waals surface area contributed by atoms with Gasteiger partial charge in [-0.05, 0) is 48.8 Å². The Morgan fingerprint density at radius 2 is 2.07 bits per heavy atom. The number of benzene rings is 1. The lowest BCUT2D eigenvalue weighted by Gasteiger charge is -2.34. The third kappa shape index (κ3) is 3.07. The molecule has 30 heavy (non-hydrogen) atoms. The van der Waals surface area contributed by atoms with E-state index in [1.807, 2.05) is 5.38 Å². The fraction of sp³-hybridized carbons (Fsp3) is 0.300. The summed E-state index contributed by atoms with van der Waals surface area (Å²) in [6, 6.07) is 8.62. The maximum absolute atomic E-state index is 13.5. The molecule has 1 saturated carbocycles. The molecule has 3 heterocycles. The molecule has 2 aliphatic rings. The van der Waals surface area contributed by atoms with Crippen LogP contribution in [-0.2, 0) is 0 Å². The van der Waals surface area contributed by atoms with Gasteiger partial charge in [0.1, 0.15) is 10.5 Å². The standard InChI is InChI=1S/C20H22N4O4S2/c1-11-6-7-12(10-11)22-24-14-8-9-29-18(14)17(25)16(20(24)26)19-21-13-4-2-3-5-15(13)30(27,28)23-19/h2-5,8-9,11-12,22,25,27-28H,6-7,10H2,1H3,(H,21,23)/t11-,12?/m0/s1. The SMILES string of the molecule is C[C@H]1CCC(Nn2c(=O)c(C3=NS(O)(O)c4ccccc4N3)c(O)c3sccc32)C1. The van der Waals surface area contributed by atoms with Crippen LogP contribution in [0.1, 0.15) is 31.7 Å². The molecule has 5 rings (SSSR count). The summed E-state index contributed by atoms with van der Waals surface area (Å²) < 4.78 is 27.1. The van der Waals surface area contributed by atoms with E-state index in [-0.39, 0.29) is 28.1 Å². The molecule has 158 valence electrons. The number of fused-ring (bicyclic) bond motifs is 2. The number of amidine groups is 1. The molecule has 0 spiro atoms. The minimum atomic E-state index is -3.51. The van der Waals surface area contributed by atoms with E-state index in [9.17, 15) is 19.0 Å². The van der Waals surface area contributed by atoms with Crippen LogP contribution in [0.5, 0.6) is 5.75 Å². The smallest absolute Gasteiger partial charge is 0.284 e. The van der Waals surface area contributed by atoms with E-state index >= 15 is 0 Å². The molecule has 1 aliphatic carbocycles. The van der Waals surface area contributed by atoms with Crippen molar-refractivity contribution in [3.8, 4) is 5.75 Å². The Kier molecular flexibility index (Phi) is 4.55. The van der Waals surface area contributed by atoms with Gasteiger partial charge >= 0.3 is 0 Å². The first-order chi connectivity index (χ1) is 14.3. The molecule has 0 bridgehead atoms. The zero-order valence-electron chi connectivity index (χ0n) is 16.2. The maximum Gasteiger partial charge on any atom is 0.284 e. The van der Waals surface area contributed by atoms with Crippen molar-refractivity contribution in [3.05, 3.63) is 51.6 Å². The van der Waals surface area contributed by atoms with Crippen molar-refractivity contribution in [2.45, 2.75) is 37.1 Å². The van der Waals surface area contributed by atoms with Gasteiger partial charge in [-0.3, -0.25) is 13.9 Å². The summed E-state index contributed by atoms with van der Waals surface area (Å²) in [6.45, 7) is 2.19. The lowest BCUT2D eigenvalue weighted by molar-refractivity contribution is 0.478. The fourth-order valence-corrected chi connectivity index (χ4v) is 6.18. The first-order valence-electron chi connectivity index (χ1n) is 9.71. The van der Waals surface area contributed by atoms with Gasteiger partial charge < -0.3 is 15.8 Å². The van der Waals surface area contributed by atoms with Crippen LogP contribution < -0.4 is 16.3 Å². The normalized spacial score (nSPS) is 23.5. The monoisotopic (exact) mass is 446 g/mol. The van der Waals surface area contributed by atoms with Crippen molar-refractivity contribution in [3.63, 3.8) is 0 Å². The Balaban J connectivity index is 1.67. The van der Waals surface area contributed by atoms with E-state index in [1.165, 1.54) is 16.0 Å². The van der Waals surface area contributed by atoms with E-state index in [0.717, 1.165) is 19.3 Å². The molecule has 10 heteroatoms. The van der Waals surface area contributed by atoms with E-state index in [2.05, 4.69) is 22.1 Å². The molecule has 2 aromatic heterocycles. The number of pyridine rings is 1. The van der Waals surface area contributed by atoms with Gasteiger partial charge in [-0.1, -0.05) is 29.8 Å². The van der Waals surface area contributed by atoms with Crippen LogP contribution in [-0.4, -0.2) is 30.8 Å². The first kappa shape index (κ1) is 19.4. The number of thiophene rings is 1. The summed E-state index contributed by atoms with van der Waals surface area (Å²) in [5, 5.41) is 15.7. The average Bonchev–Trinajstić information content (AvgIpc) is 3.34. The fourth-order valence-electron chi connectivity index (χ4n) is 4.18. The van der Waals surface area contributed by atoms with Crippen molar-refractivity contribution in [2.75, 3.05) is 10.7 Å². The lowest BCUT2D eigenvalue weighted by atomic mass is 10.1. The molecule has 8 nitrogen and oxygen atoms in total. The molecular formula is C20H22N4O4S2. The number of nitrogens with zero attached hydrogens (tertiary/aromatic N) is 2. The Morgan fingerprint density at radius 1 is 1.27 bits per heavy atom. The molecule has 1 aromatic carbocycles. The van der Waals surface area contributed by atoms with E-state index < -0.39 is 16.3 Å². The van der Waals surface area contributed by atoms with Crippen LogP contribution >= 0.6 is 22.1 Å². The summed E-state index contributed by atoms with van der Waals surface area (Å²) in [4.78, 5) is 13.7. The van der Waals surface area contributed by atoms with Gasteiger partial charge in [0.25, 0.3) is 5.56 Å². The second-order valence-electron chi connectivity index (χ2n) is 7.82. The van der Waals surface area contributed by atoms with Crippen LogP contribution in [0.4, 0.5) is 5.69 Å². The van der Waals surface area contributed by atoms with Crippen molar-refractivity contribution < 1.29 is 14.2 Å². The quantitative estimate of drug-likeness (QED) is 0.407. The van der Waals surface area contributed by atoms with Crippen molar-refractivity contribution in [1.29, 1.82) is 0 Å². The van der Waals surface area contributed by atoms with Gasteiger partial charge in [-0.2, -0.15) is 0 Å². The molecule has 0 amide bonds. The third-order valence-electron chi connectivity index (χ3n) is 5.65. The molecule has 1 fully saturated rings. The summed E-state index contributed by atoms with van der Waals surface area (Å²) in [5.41, 5.74) is 3.77. The van der Waals surface area contributed by atoms with E-state index in [0.29, 0.717) is 21.8 Å². The van der Waals surface area contributed by atoms with Crippen molar-refractivity contribution in [1.82, 2.24) is 4.68 Å². The predicted molar refractivity (Wildman–Crippen MR) is 122 cm³/mol. The number of anilines is 1. The van der Waals surface area contributed by atoms with Crippen LogP contribution in [0.2, 0.25) is 0 Å². The highest BCUT2D eigenvalue weighted by Gasteiger charge is 2.31. The molecule has 3 aromatic rings. The highest BCUT2D eigenvalue weighted by Crippen LogP contribution is 2.55. The Labute approximate surface area is 178 Å². The number of aromatic nitrogens is 1. The minimum absolute atomic E-state index is 0.0539. The van der Waals surface area contributed by atoms with Gasteiger partial charge in [-0.15, -0.1) is 15.7 Å². The Morgan fingerprint density at radius 3 is 2.83 bits per heavy atom. The Bertz CT molecular complexity index is 1230. The van der Waals surface area contributed by atoms with Crippen molar-refractivity contribution >= 4 is 43.9 Å². The van der Waals surface area contributed by atoms with Crippen LogP contribution in [0.25, 0.3) is 10.2 Å². The second-order valence-corrected chi connectivity index (χ2v) is 10.4. The summed E-state index contributed by atoms with van der Waals surface area (Å²) in [7, 11) is -3.51. The van der Waals surface area contributed by atoms with E-state index in [4.69, 9.17) is 0 Å². The largest absolute Gasteiger partial charge is 0.505 e. The third-order valence-corrected chi connectivity index (χ3v) is 7.94. The Hall–Kier alpha value is -2.53. The van der Waals surface area contributed by atoms with Gasteiger partial charge in [-0.25, -0.2) is 4.68 Å². The zero-order valence-corrected chi connectivity index (χ0v) is 17.8. The van der Waals surface area contributed by atoms with Gasteiger partial charge in [0.15, 0.2) is 11.6 Å².